The zero-order valence-corrected chi connectivity index (χ0v) is 16.0. The van der Waals surface area contributed by atoms with Gasteiger partial charge in [-0.3, -0.25) is 14.5 Å². The van der Waals surface area contributed by atoms with E-state index in [1.807, 2.05) is 6.20 Å². The molecule has 0 saturated carbocycles. The van der Waals surface area contributed by atoms with E-state index in [2.05, 4.69) is 9.47 Å². The topological polar surface area (TPSA) is 78.7 Å². The molecule has 3 aliphatic heterocycles. The van der Waals surface area contributed by atoms with Gasteiger partial charge in [0.2, 0.25) is 5.91 Å². The smallest absolute Gasteiger partial charge is 0.323 e. The maximum absolute atomic E-state index is 13.0. The van der Waals surface area contributed by atoms with Crippen molar-refractivity contribution in [2.24, 2.45) is 0 Å². The Morgan fingerprint density at radius 2 is 1.96 bits per heavy atom. The summed E-state index contributed by atoms with van der Waals surface area (Å²) in [7, 11) is 0. The van der Waals surface area contributed by atoms with Crippen molar-refractivity contribution in [3.05, 3.63) is 17.7 Å². The third-order valence-electron chi connectivity index (χ3n) is 6.37. The molecule has 148 valence electrons. The van der Waals surface area contributed by atoms with E-state index in [0.29, 0.717) is 12.5 Å². The summed E-state index contributed by atoms with van der Waals surface area (Å²) >= 11 is 0. The predicted molar refractivity (Wildman–Crippen MR) is 101 cm³/mol. The molecule has 1 aromatic rings. The van der Waals surface area contributed by atoms with E-state index >= 15 is 0 Å². The Morgan fingerprint density at radius 3 is 2.81 bits per heavy atom. The number of rotatable bonds is 4. The van der Waals surface area contributed by atoms with Crippen LogP contribution < -0.4 is 0 Å². The third kappa shape index (κ3) is 3.88. The van der Waals surface area contributed by atoms with Gasteiger partial charge in [0.05, 0.1) is 6.04 Å². The minimum absolute atomic E-state index is 0.000646. The van der Waals surface area contributed by atoms with Gasteiger partial charge in [-0.2, -0.15) is 0 Å². The Hall–Kier alpha value is -1.89. The molecule has 2 fully saturated rings. The minimum atomic E-state index is -0.926. The number of hydrogen-bond acceptors (Lipinski definition) is 4. The second-order valence-electron chi connectivity index (χ2n) is 8.22. The van der Waals surface area contributed by atoms with Crippen LogP contribution in [0.25, 0.3) is 0 Å². The van der Waals surface area contributed by atoms with Crippen LogP contribution in [0.3, 0.4) is 0 Å². The molecule has 0 aliphatic carbocycles. The van der Waals surface area contributed by atoms with Gasteiger partial charge in [-0.15, -0.1) is 0 Å². The highest BCUT2D eigenvalue weighted by Crippen LogP contribution is 2.31. The number of hydrogen-bond donors (Lipinski definition) is 1. The number of fused-ring (bicyclic) bond motifs is 1. The van der Waals surface area contributed by atoms with Crippen molar-refractivity contribution in [3.63, 3.8) is 0 Å². The lowest BCUT2D eigenvalue weighted by atomic mass is 9.94. The summed E-state index contributed by atoms with van der Waals surface area (Å²) in [6, 6.07) is -0.176. The molecule has 7 heteroatoms. The summed E-state index contributed by atoms with van der Waals surface area (Å²) in [5.41, 5.74) is 1.35. The largest absolute Gasteiger partial charge is 0.480 e. The predicted octanol–water partition coefficient (Wildman–Crippen LogP) is 1.86. The molecule has 0 aromatic carbocycles. The van der Waals surface area contributed by atoms with Crippen molar-refractivity contribution in [1.82, 2.24) is 19.4 Å². The molecule has 2 atom stereocenters. The molecule has 7 nitrogen and oxygen atoms in total. The summed E-state index contributed by atoms with van der Waals surface area (Å²) in [4.78, 5) is 32.7. The molecular formula is C20H30N4O3. The summed E-state index contributed by atoms with van der Waals surface area (Å²) in [5, 5.41) is 9.13. The van der Waals surface area contributed by atoms with Gasteiger partial charge in [0.25, 0.3) is 0 Å². The van der Waals surface area contributed by atoms with E-state index in [9.17, 15) is 9.59 Å². The quantitative estimate of drug-likeness (QED) is 0.870. The standard InChI is InChI=1S/C20H30N4O3/c25-18(26)14-23-9-3-2-8-17(20(23)27)22-10-5-6-15(13-22)19-21-12-16-7-1-4-11-24(16)19/h12,15,17H,1-11,13-14H2,(H,25,26). The van der Waals surface area contributed by atoms with Gasteiger partial charge in [0.1, 0.15) is 12.4 Å². The molecule has 4 heterocycles. The van der Waals surface area contributed by atoms with Crippen LogP contribution in [0, 0.1) is 0 Å². The van der Waals surface area contributed by atoms with Crippen molar-refractivity contribution in [2.45, 2.75) is 69.9 Å². The fraction of sp³-hybridized carbons (Fsp3) is 0.750. The highest BCUT2D eigenvalue weighted by molar-refractivity contribution is 5.85. The third-order valence-corrected chi connectivity index (χ3v) is 6.37. The van der Waals surface area contributed by atoms with Gasteiger partial charge in [0, 0.05) is 37.4 Å². The van der Waals surface area contributed by atoms with Crippen LogP contribution in [-0.2, 0) is 22.6 Å². The zero-order valence-electron chi connectivity index (χ0n) is 16.0. The van der Waals surface area contributed by atoms with Crippen LogP contribution in [0.15, 0.2) is 6.20 Å². The molecule has 1 aromatic heterocycles. The van der Waals surface area contributed by atoms with Gasteiger partial charge in [-0.05, 0) is 57.9 Å². The number of amides is 1. The van der Waals surface area contributed by atoms with Crippen LogP contribution >= 0.6 is 0 Å². The van der Waals surface area contributed by atoms with E-state index < -0.39 is 5.97 Å². The molecular weight excluding hydrogens is 344 g/mol. The summed E-state index contributed by atoms with van der Waals surface area (Å²) in [5.74, 6) is 0.637. The Morgan fingerprint density at radius 1 is 1.11 bits per heavy atom. The molecule has 27 heavy (non-hydrogen) atoms. The first kappa shape index (κ1) is 18.5. The summed E-state index contributed by atoms with van der Waals surface area (Å²) in [6.07, 6.45) is 10.5. The van der Waals surface area contributed by atoms with Gasteiger partial charge in [-0.1, -0.05) is 0 Å². The van der Waals surface area contributed by atoms with Crippen LogP contribution in [0.4, 0.5) is 0 Å². The second-order valence-corrected chi connectivity index (χ2v) is 8.22. The highest BCUT2D eigenvalue weighted by Gasteiger charge is 2.36. The average molecular weight is 374 g/mol. The molecule has 0 bridgehead atoms. The van der Waals surface area contributed by atoms with Gasteiger partial charge in [-0.25, -0.2) is 4.98 Å². The van der Waals surface area contributed by atoms with Crippen LogP contribution in [0.2, 0.25) is 0 Å². The number of carboxylic acids is 1. The highest BCUT2D eigenvalue weighted by atomic mass is 16.4. The number of likely N-dealkylation sites (tertiary alicyclic amines) is 2. The number of aliphatic carboxylic acids is 1. The number of nitrogens with zero attached hydrogens (tertiary/aromatic N) is 4. The Kier molecular flexibility index (Phi) is 5.48. The fourth-order valence-electron chi connectivity index (χ4n) is 5.03. The molecule has 1 amide bonds. The van der Waals surface area contributed by atoms with Crippen LogP contribution in [0.1, 0.15) is 62.4 Å². The van der Waals surface area contributed by atoms with E-state index in [1.54, 1.807) is 4.90 Å². The number of carbonyl (C=O) groups is 2. The van der Waals surface area contributed by atoms with Gasteiger partial charge >= 0.3 is 5.97 Å². The van der Waals surface area contributed by atoms with E-state index in [1.165, 1.54) is 24.4 Å². The van der Waals surface area contributed by atoms with Crippen molar-refractivity contribution < 1.29 is 14.7 Å². The van der Waals surface area contributed by atoms with E-state index in [0.717, 1.165) is 58.2 Å². The van der Waals surface area contributed by atoms with Gasteiger partial charge in [0.15, 0.2) is 0 Å². The second kappa shape index (κ2) is 8.00. The molecule has 3 aliphatic rings. The molecule has 2 unspecified atom stereocenters. The van der Waals surface area contributed by atoms with Crippen molar-refractivity contribution in [1.29, 1.82) is 0 Å². The summed E-state index contributed by atoms with van der Waals surface area (Å²) < 4.78 is 2.41. The maximum Gasteiger partial charge on any atom is 0.323 e. The molecule has 1 N–H and O–H groups in total. The average Bonchev–Trinajstić information content (AvgIpc) is 3.02. The fourth-order valence-corrected chi connectivity index (χ4v) is 5.03. The first-order valence-electron chi connectivity index (χ1n) is 10.4. The lowest BCUT2D eigenvalue weighted by Gasteiger charge is -2.38. The van der Waals surface area contributed by atoms with Crippen molar-refractivity contribution >= 4 is 11.9 Å². The van der Waals surface area contributed by atoms with Crippen molar-refractivity contribution in [3.8, 4) is 0 Å². The van der Waals surface area contributed by atoms with Crippen molar-refractivity contribution in [2.75, 3.05) is 26.2 Å². The molecule has 2 saturated heterocycles. The Bertz CT molecular complexity index is 701. The van der Waals surface area contributed by atoms with E-state index in [4.69, 9.17) is 10.1 Å². The summed E-state index contributed by atoms with van der Waals surface area (Å²) in [6.45, 7) is 3.22. The number of aryl methyl sites for hydroxylation is 1. The van der Waals surface area contributed by atoms with Crippen LogP contribution in [-0.4, -0.2) is 68.6 Å². The maximum atomic E-state index is 13.0. The number of imidazole rings is 1. The molecule has 0 radical (unpaired) electrons. The van der Waals surface area contributed by atoms with Crippen LogP contribution in [0.5, 0.6) is 0 Å². The molecule has 4 rings (SSSR count). The van der Waals surface area contributed by atoms with E-state index in [-0.39, 0.29) is 18.5 Å². The Balaban J connectivity index is 1.49. The lowest BCUT2D eigenvalue weighted by Crippen LogP contribution is -2.51. The minimum Gasteiger partial charge on any atom is -0.480 e. The number of carboxylic acid groups (broad SMARTS) is 1. The number of piperidine rings is 1. The first-order valence-corrected chi connectivity index (χ1v) is 10.4. The SMILES string of the molecule is O=C(O)CN1CCCCC(N2CCCC(c3ncc4n3CCCC4)C2)C1=O. The van der Waals surface area contributed by atoms with Gasteiger partial charge < -0.3 is 14.6 Å². The monoisotopic (exact) mass is 374 g/mol. The zero-order chi connectivity index (χ0) is 18.8. The number of aromatic nitrogens is 2. The lowest BCUT2D eigenvalue weighted by molar-refractivity contribution is -0.146. The normalized spacial score (nSPS) is 27.3. The number of carbonyl (C=O) groups excluding carboxylic acids is 1. The Labute approximate surface area is 160 Å². The first-order chi connectivity index (χ1) is 13.1. The molecule has 0 spiro atoms.